The molecule has 0 aromatic carbocycles. The maximum Gasteiger partial charge on any atom is 0.319 e. The average molecular weight is 290 g/mol. The predicted octanol–water partition coefficient (Wildman–Crippen LogP) is 1.87. The third-order valence-corrected chi connectivity index (χ3v) is 3.24. The molecule has 1 atom stereocenters. The van der Waals surface area contributed by atoms with E-state index in [1.807, 2.05) is 13.8 Å². The average Bonchev–Trinajstić information content (AvgIpc) is 2.74. The molecule has 0 unspecified atom stereocenters. The van der Waals surface area contributed by atoms with Crippen LogP contribution in [0.25, 0.3) is 0 Å². The van der Waals surface area contributed by atoms with Crippen LogP contribution in [0, 0.1) is 13.8 Å². The predicted molar refractivity (Wildman–Crippen MR) is 78.2 cm³/mol. The standard InChI is InChI=1S/C14H18N4O3/c1-8(12-9(2)17-21-10(12)3)15-14(20)16-11-6-5-7-18(4)13(11)19/h5-8H,1-4H3,(H2,15,16,20)/t8-/m0/s1. The number of carbonyl (C=O) groups is 1. The summed E-state index contributed by atoms with van der Waals surface area (Å²) in [6.07, 6.45) is 1.62. The van der Waals surface area contributed by atoms with E-state index in [9.17, 15) is 9.59 Å². The minimum absolute atomic E-state index is 0.225. The maximum absolute atomic E-state index is 12.0. The molecule has 2 rings (SSSR count). The minimum Gasteiger partial charge on any atom is -0.361 e. The summed E-state index contributed by atoms with van der Waals surface area (Å²) in [6, 6.07) is 2.52. The molecule has 0 saturated heterocycles. The van der Waals surface area contributed by atoms with Crippen LogP contribution in [0.15, 0.2) is 27.6 Å². The summed E-state index contributed by atoms with van der Waals surface area (Å²) >= 11 is 0. The first-order valence-corrected chi connectivity index (χ1v) is 6.56. The number of rotatable bonds is 3. The molecule has 7 heteroatoms. The normalized spacial score (nSPS) is 12.0. The van der Waals surface area contributed by atoms with Gasteiger partial charge in [-0.05, 0) is 32.9 Å². The van der Waals surface area contributed by atoms with Gasteiger partial charge in [-0.15, -0.1) is 0 Å². The molecule has 2 aromatic heterocycles. The zero-order valence-corrected chi connectivity index (χ0v) is 12.4. The van der Waals surface area contributed by atoms with Crippen molar-refractivity contribution in [2.75, 3.05) is 5.32 Å². The Morgan fingerprint density at radius 1 is 1.43 bits per heavy atom. The highest BCUT2D eigenvalue weighted by molar-refractivity contribution is 5.89. The van der Waals surface area contributed by atoms with E-state index in [0.717, 1.165) is 11.3 Å². The molecule has 112 valence electrons. The fourth-order valence-electron chi connectivity index (χ4n) is 2.23. The van der Waals surface area contributed by atoms with Crippen molar-refractivity contribution in [2.45, 2.75) is 26.8 Å². The molecule has 2 aromatic rings. The third kappa shape index (κ3) is 3.13. The largest absolute Gasteiger partial charge is 0.361 e. The lowest BCUT2D eigenvalue weighted by atomic mass is 10.1. The fraction of sp³-hybridized carbons (Fsp3) is 0.357. The van der Waals surface area contributed by atoms with Crippen molar-refractivity contribution in [3.8, 4) is 0 Å². The number of nitrogens with one attached hydrogen (secondary N) is 2. The third-order valence-electron chi connectivity index (χ3n) is 3.24. The zero-order valence-electron chi connectivity index (χ0n) is 12.4. The highest BCUT2D eigenvalue weighted by Crippen LogP contribution is 2.20. The second-order valence-corrected chi connectivity index (χ2v) is 4.90. The van der Waals surface area contributed by atoms with Gasteiger partial charge in [0.25, 0.3) is 5.56 Å². The Balaban J connectivity index is 2.09. The van der Waals surface area contributed by atoms with Gasteiger partial charge in [0.2, 0.25) is 0 Å². The number of urea groups is 1. The van der Waals surface area contributed by atoms with Crippen LogP contribution in [0.4, 0.5) is 10.5 Å². The first kappa shape index (κ1) is 14.8. The Bertz CT molecular complexity index is 698. The van der Waals surface area contributed by atoms with Crippen molar-refractivity contribution in [3.05, 3.63) is 45.7 Å². The molecular weight excluding hydrogens is 272 g/mol. The van der Waals surface area contributed by atoms with Gasteiger partial charge < -0.3 is 19.7 Å². The first-order chi connectivity index (χ1) is 9.90. The van der Waals surface area contributed by atoms with Crippen molar-refractivity contribution in [2.24, 2.45) is 7.05 Å². The monoisotopic (exact) mass is 290 g/mol. The van der Waals surface area contributed by atoms with Gasteiger partial charge in [-0.2, -0.15) is 0 Å². The molecule has 0 aliphatic heterocycles. The van der Waals surface area contributed by atoms with Crippen LogP contribution in [-0.4, -0.2) is 15.8 Å². The second-order valence-electron chi connectivity index (χ2n) is 4.90. The van der Waals surface area contributed by atoms with E-state index in [1.165, 1.54) is 4.57 Å². The quantitative estimate of drug-likeness (QED) is 0.903. The Hall–Kier alpha value is -2.57. The molecule has 0 saturated carbocycles. The van der Waals surface area contributed by atoms with Gasteiger partial charge in [-0.3, -0.25) is 4.79 Å². The number of pyridine rings is 1. The SMILES string of the molecule is Cc1noc(C)c1[C@H](C)NC(=O)Nc1cccn(C)c1=O. The number of carbonyl (C=O) groups excluding carboxylic acids is 1. The summed E-state index contributed by atoms with van der Waals surface area (Å²) in [6.45, 7) is 5.43. The maximum atomic E-state index is 12.0. The number of hydrogen-bond donors (Lipinski definition) is 2. The number of amides is 2. The lowest BCUT2D eigenvalue weighted by molar-refractivity contribution is 0.249. The van der Waals surface area contributed by atoms with Gasteiger partial charge in [0.05, 0.1) is 11.7 Å². The van der Waals surface area contributed by atoms with Crippen molar-refractivity contribution in [1.82, 2.24) is 15.0 Å². The molecule has 0 aliphatic rings. The van der Waals surface area contributed by atoms with Crippen LogP contribution in [0.1, 0.15) is 30.0 Å². The zero-order chi connectivity index (χ0) is 15.6. The van der Waals surface area contributed by atoms with Crippen LogP contribution < -0.4 is 16.2 Å². The minimum atomic E-state index is -0.453. The highest BCUT2D eigenvalue weighted by atomic mass is 16.5. The van der Waals surface area contributed by atoms with Gasteiger partial charge in [-0.25, -0.2) is 4.79 Å². The summed E-state index contributed by atoms with van der Waals surface area (Å²) < 4.78 is 6.47. The lowest BCUT2D eigenvalue weighted by Gasteiger charge is -2.14. The molecule has 21 heavy (non-hydrogen) atoms. The van der Waals surface area contributed by atoms with Gasteiger partial charge in [-0.1, -0.05) is 5.16 Å². The molecule has 0 fully saturated rings. The molecule has 0 radical (unpaired) electrons. The molecule has 2 N–H and O–H groups in total. The van der Waals surface area contributed by atoms with Crippen molar-refractivity contribution < 1.29 is 9.32 Å². The number of aryl methyl sites for hydroxylation is 3. The first-order valence-electron chi connectivity index (χ1n) is 6.56. The van der Waals surface area contributed by atoms with Crippen molar-refractivity contribution in [3.63, 3.8) is 0 Å². The molecule has 7 nitrogen and oxygen atoms in total. The molecule has 0 aliphatic carbocycles. The Labute approximate surface area is 121 Å². The van der Waals surface area contributed by atoms with E-state index in [1.54, 1.807) is 32.3 Å². The Morgan fingerprint density at radius 2 is 2.14 bits per heavy atom. The van der Waals surface area contributed by atoms with Crippen molar-refractivity contribution >= 4 is 11.7 Å². The lowest BCUT2D eigenvalue weighted by Crippen LogP contribution is -2.34. The van der Waals surface area contributed by atoms with Crippen LogP contribution >= 0.6 is 0 Å². The smallest absolute Gasteiger partial charge is 0.319 e. The summed E-state index contributed by atoms with van der Waals surface area (Å²) in [5.74, 6) is 0.663. The van der Waals surface area contributed by atoms with Gasteiger partial charge in [0.15, 0.2) is 0 Å². The highest BCUT2D eigenvalue weighted by Gasteiger charge is 2.18. The van der Waals surface area contributed by atoms with Crippen LogP contribution in [0.5, 0.6) is 0 Å². The number of anilines is 1. The van der Waals surface area contributed by atoms with Crippen LogP contribution in [0.2, 0.25) is 0 Å². The fourth-order valence-corrected chi connectivity index (χ4v) is 2.23. The van der Waals surface area contributed by atoms with E-state index in [2.05, 4.69) is 15.8 Å². The Kier molecular flexibility index (Phi) is 4.11. The van der Waals surface area contributed by atoms with Gasteiger partial charge >= 0.3 is 6.03 Å². The van der Waals surface area contributed by atoms with Gasteiger partial charge in [0.1, 0.15) is 11.4 Å². The van der Waals surface area contributed by atoms with E-state index in [4.69, 9.17) is 4.52 Å². The number of hydrogen-bond acceptors (Lipinski definition) is 4. The van der Waals surface area contributed by atoms with Gasteiger partial charge in [0, 0.05) is 18.8 Å². The van der Waals surface area contributed by atoms with E-state index in [0.29, 0.717) is 5.76 Å². The summed E-state index contributed by atoms with van der Waals surface area (Å²) in [7, 11) is 1.62. The molecule has 2 amide bonds. The number of aromatic nitrogens is 2. The summed E-state index contributed by atoms with van der Waals surface area (Å²) in [5.41, 5.74) is 1.53. The van der Waals surface area contributed by atoms with Crippen LogP contribution in [0.3, 0.4) is 0 Å². The number of nitrogens with zero attached hydrogens (tertiary/aromatic N) is 2. The Morgan fingerprint density at radius 3 is 2.76 bits per heavy atom. The molecule has 0 spiro atoms. The molecular formula is C14H18N4O3. The van der Waals surface area contributed by atoms with E-state index < -0.39 is 6.03 Å². The summed E-state index contributed by atoms with van der Waals surface area (Å²) in [5, 5.41) is 9.16. The van der Waals surface area contributed by atoms with E-state index >= 15 is 0 Å². The van der Waals surface area contributed by atoms with Crippen LogP contribution in [-0.2, 0) is 7.05 Å². The molecule has 2 heterocycles. The second kappa shape index (κ2) is 5.82. The topological polar surface area (TPSA) is 89.2 Å². The van der Waals surface area contributed by atoms with E-state index in [-0.39, 0.29) is 17.3 Å². The van der Waals surface area contributed by atoms with Crippen molar-refractivity contribution in [1.29, 1.82) is 0 Å². The summed E-state index contributed by atoms with van der Waals surface area (Å²) in [4.78, 5) is 23.8. The molecule has 0 bridgehead atoms.